The van der Waals surface area contributed by atoms with E-state index in [9.17, 15) is 22.8 Å². The lowest BCUT2D eigenvalue weighted by Gasteiger charge is -2.15. The number of halogens is 3. The number of amides is 2. The Morgan fingerprint density at radius 3 is 2.44 bits per heavy atom. The number of aryl methyl sites for hydroxylation is 1. The topological polar surface area (TPSA) is 113 Å². The van der Waals surface area contributed by atoms with Crippen molar-refractivity contribution in [3.05, 3.63) is 41.9 Å². The second-order valence-corrected chi connectivity index (χ2v) is 4.69. The van der Waals surface area contributed by atoms with Crippen molar-refractivity contribution in [3.8, 4) is 5.75 Å². The van der Waals surface area contributed by atoms with E-state index in [1.165, 1.54) is 12.4 Å². The predicted molar refractivity (Wildman–Crippen MR) is 79.5 cm³/mol. The van der Waals surface area contributed by atoms with Crippen LogP contribution in [-0.2, 0) is 0 Å². The number of nitrogens with zero attached hydrogens (tertiary/aromatic N) is 2. The number of anilines is 2. The molecule has 1 aromatic carbocycles. The van der Waals surface area contributed by atoms with Gasteiger partial charge >= 0.3 is 18.4 Å². The SMILES string of the molecule is Cc1cnc(NC(=O)Nc2ccc(C(=O)O)cc2OC(F)(F)F)cn1. The number of urea groups is 1. The molecule has 0 bridgehead atoms. The van der Waals surface area contributed by atoms with Crippen LogP contribution in [0.1, 0.15) is 16.1 Å². The maximum atomic E-state index is 12.5. The van der Waals surface area contributed by atoms with E-state index >= 15 is 0 Å². The first-order valence-corrected chi connectivity index (χ1v) is 6.64. The van der Waals surface area contributed by atoms with Crippen molar-refractivity contribution >= 4 is 23.5 Å². The van der Waals surface area contributed by atoms with Gasteiger partial charge in [0.2, 0.25) is 0 Å². The van der Waals surface area contributed by atoms with Crippen molar-refractivity contribution in [2.45, 2.75) is 13.3 Å². The number of aromatic carboxylic acids is 1. The molecule has 1 heterocycles. The molecule has 11 heteroatoms. The van der Waals surface area contributed by atoms with Crippen LogP contribution in [0.4, 0.5) is 29.5 Å². The highest BCUT2D eigenvalue weighted by Crippen LogP contribution is 2.31. The Morgan fingerprint density at radius 1 is 1.16 bits per heavy atom. The average molecular weight is 356 g/mol. The molecule has 2 aromatic rings. The average Bonchev–Trinajstić information content (AvgIpc) is 2.49. The summed E-state index contributed by atoms with van der Waals surface area (Å²) in [6.45, 7) is 1.68. The first kappa shape index (κ1) is 18.0. The Labute approximate surface area is 138 Å². The molecule has 0 unspecified atom stereocenters. The summed E-state index contributed by atoms with van der Waals surface area (Å²) in [7, 11) is 0. The number of benzene rings is 1. The molecule has 0 saturated heterocycles. The van der Waals surface area contributed by atoms with Crippen molar-refractivity contribution < 1.29 is 32.6 Å². The summed E-state index contributed by atoms with van der Waals surface area (Å²) in [5.41, 5.74) is -0.203. The second kappa shape index (κ2) is 7.03. The van der Waals surface area contributed by atoms with Gasteiger partial charge in [0.15, 0.2) is 11.6 Å². The van der Waals surface area contributed by atoms with Gasteiger partial charge in [-0.25, -0.2) is 14.6 Å². The van der Waals surface area contributed by atoms with E-state index in [-0.39, 0.29) is 11.5 Å². The number of hydrogen-bond donors (Lipinski definition) is 3. The maximum absolute atomic E-state index is 12.5. The van der Waals surface area contributed by atoms with Crippen LogP contribution in [0.2, 0.25) is 0 Å². The van der Waals surface area contributed by atoms with Crippen LogP contribution in [0.25, 0.3) is 0 Å². The fourth-order valence-electron chi connectivity index (χ4n) is 1.69. The minimum Gasteiger partial charge on any atom is -0.478 e. The Morgan fingerprint density at radius 2 is 1.88 bits per heavy atom. The number of ether oxygens (including phenoxy) is 1. The van der Waals surface area contributed by atoms with E-state index in [2.05, 4.69) is 25.3 Å². The van der Waals surface area contributed by atoms with Gasteiger partial charge in [0.05, 0.1) is 29.3 Å². The monoisotopic (exact) mass is 356 g/mol. The zero-order valence-electron chi connectivity index (χ0n) is 12.6. The number of aromatic nitrogens is 2. The molecule has 0 aliphatic rings. The Balaban J connectivity index is 2.20. The number of hydrogen-bond acceptors (Lipinski definition) is 5. The number of nitrogens with one attached hydrogen (secondary N) is 2. The van der Waals surface area contributed by atoms with Gasteiger partial charge in [-0.05, 0) is 25.1 Å². The first-order chi connectivity index (χ1) is 11.6. The summed E-state index contributed by atoms with van der Waals surface area (Å²) in [6, 6.07) is 1.74. The van der Waals surface area contributed by atoms with Gasteiger partial charge < -0.3 is 15.2 Å². The van der Waals surface area contributed by atoms with E-state index < -0.39 is 29.7 Å². The molecular weight excluding hydrogens is 345 g/mol. The van der Waals surface area contributed by atoms with E-state index in [1.807, 2.05) is 0 Å². The van der Waals surface area contributed by atoms with Crippen LogP contribution < -0.4 is 15.4 Å². The molecule has 1 aromatic heterocycles. The van der Waals surface area contributed by atoms with Crippen LogP contribution in [0.15, 0.2) is 30.6 Å². The molecule has 0 saturated carbocycles. The summed E-state index contributed by atoms with van der Waals surface area (Å²) in [5, 5.41) is 13.2. The lowest BCUT2D eigenvalue weighted by atomic mass is 10.2. The Bertz CT molecular complexity index is 794. The third kappa shape index (κ3) is 5.34. The van der Waals surface area contributed by atoms with E-state index in [4.69, 9.17) is 5.11 Å². The summed E-state index contributed by atoms with van der Waals surface area (Å²) in [5.74, 6) is -2.24. The van der Waals surface area contributed by atoms with Crippen molar-refractivity contribution in [1.29, 1.82) is 0 Å². The molecule has 0 spiro atoms. The first-order valence-electron chi connectivity index (χ1n) is 6.64. The van der Waals surface area contributed by atoms with E-state index in [1.54, 1.807) is 6.92 Å². The highest BCUT2D eigenvalue weighted by Gasteiger charge is 2.32. The molecular formula is C14H11F3N4O4. The molecule has 0 atom stereocenters. The largest absolute Gasteiger partial charge is 0.573 e. The van der Waals surface area contributed by atoms with Crippen LogP contribution in [0, 0.1) is 6.92 Å². The molecule has 25 heavy (non-hydrogen) atoms. The molecule has 0 aliphatic heterocycles. The number of carboxylic acids is 1. The van der Waals surface area contributed by atoms with Gasteiger partial charge in [-0.1, -0.05) is 0 Å². The Kier molecular flexibility index (Phi) is 5.05. The smallest absolute Gasteiger partial charge is 0.478 e. The normalized spacial score (nSPS) is 10.9. The zero-order valence-corrected chi connectivity index (χ0v) is 12.6. The predicted octanol–water partition coefficient (Wildman–Crippen LogP) is 3.03. The number of carbonyl (C=O) groups excluding carboxylic acids is 1. The summed E-state index contributed by atoms with van der Waals surface area (Å²) in [4.78, 5) is 30.5. The summed E-state index contributed by atoms with van der Waals surface area (Å²) < 4.78 is 41.1. The highest BCUT2D eigenvalue weighted by molar-refractivity contribution is 6.00. The molecule has 0 fully saturated rings. The number of carbonyl (C=O) groups is 2. The third-order valence-corrected chi connectivity index (χ3v) is 2.72. The van der Waals surface area contributed by atoms with Gasteiger partial charge in [-0.3, -0.25) is 10.3 Å². The molecule has 132 valence electrons. The van der Waals surface area contributed by atoms with Crippen LogP contribution in [0.5, 0.6) is 5.75 Å². The lowest BCUT2D eigenvalue weighted by molar-refractivity contribution is -0.274. The fraction of sp³-hybridized carbons (Fsp3) is 0.143. The van der Waals surface area contributed by atoms with Gasteiger partial charge in [0, 0.05) is 0 Å². The minimum absolute atomic E-state index is 0.0727. The minimum atomic E-state index is -5.06. The fourth-order valence-corrected chi connectivity index (χ4v) is 1.69. The van der Waals surface area contributed by atoms with Gasteiger partial charge in [-0.15, -0.1) is 13.2 Å². The van der Waals surface area contributed by atoms with Crippen molar-refractivity contribution in [1.82, 2.24) is 9.97 Å². The number of rotatable bonds is 4. The van der Waals surface area contributed by atoms with Crippen molar-refractivity contribution in [3.63, 3.8) is 0 Å². The number of carboxylic acid groups (broad SMARTS) is 1. The van der Waals surface area contributed by atoms with Crippen LogP contribution in [-0.4, -0.2) is 33.4 Å². The van der Waals surface area contributed by atoms with Gasteiger partial charge in [-0.2, -0.15) is 0 Å². The summed E-state index contributed by atoms with van der Waals surface area (Å²) >= 11 is 0. The van der Waals surface area contributed by atoms with Crippen LogP contribution in [0.3, 0.4) is 0 Å². The number of alkyl halides is 3. The quantitative estimate of drug-likeness (QED) is 0.776. The molecule has 0 aliphatic carbocycles. The standard InChI is InChI=1S/C14H11F3N4O4/c1-7-5-19-11(6-18-7)21-13(24)20-9-3-2-8(12(22)23)4-10(9)25-14(15,16)17/h2-6H,1H3,(H,22,23)(H2,19,20,21,24). The zero-order chi connectivity index (χ0) is 18.6. The second-order valence-electron chi connectivity index (χ2n) is 4.69. The van der Waals surface area contributed by atoms with Crippen molar-refractivity contribution in [2.24, 2.45) is 0 Å². The van der Waals surface area contributed by atoms with E-state index in [0.717, 1.165) is 12.1 Å². The molecule has 3 N–H and O–H groups in total. The Hall–Kier alpha value is -3.37. The van der Waals surface area contributed by atoms with Crippen LogP contribution >= 0.6 is 0 Å². The molecule has 2 rings (SSSR count). The third-order valence-electron chi connectivity index (χ3n) is 2.72. The van der Waals surface area contributed by atoms with Crippen molar-refractivity contribution in [2.75, 3.05) is 10.6 Å². The summed E-state index contributed by atoms with van der Waals surface area (Å²) in [6.07, 6.45) is -2.42. The maximum Gasteiger partial charge on any atom is 0.573 e. The molecule has 0 radical (unpaired) electrons. The van der Waals surface area contributed by atoms with Gasteiger partial charge in [0.25, 0.3) is 0 Å². The molecule has 2 amide bonds. The van der Waals surface area contributed by atoms with E-state index in [0.29, 0.717) is 11.8 Å². The highest BCUT2D eigenvalue weighted by atomic mass is 19.4. The lowest BCUT2D eigenvalue weighted by Crippen LogP contribution is -2.23. The van der Waals surface area contributed by atoms with Gasteiger partial charge in [0.1, 0.15) is 0 Å². The molecule has 8 nitrogen and oxygen atoms in total.